The van der Waals surface area contributed by atoms with Crippen LogP contribution >= 0.6 is 0 Å². The number of aromatic nitrogens is 1. The minimum absolute atomic E-state index is 0.0377. The fourth-order valence-corrected chi connectivity index (χ4v) is 2.56. The number of carbonyl (C=O) groups is 2. The highest BCUT2D eigenvalue weighted by Gasteiger charge is 2.31. The van der Waals surface area contributed by atoms with E-state index < -0.39 is 0 Å². The third-order valence-electron chi connectivity index (χ3n) is 3.85. The lowest BCUT2D eigenvalue weighted by atomic mass is 10.2. The minimum atomic E-state index is -0.288. The van der Waals surface area contributed by atoms with Crippen molar-refractivity contribution in [2.45, 2.75) is 18.9 Å². The number of hydrogen-bond donors (Lipinski definition) is 1. The van der Waals surface area contributed by atoms with E-state index in [0.29, 0.717) is 17.0 Å². The SMILES string of the molecule is O=C(CN1C(=O)c2cccnc2Oc2ccccc21)NC1CC1. The predicted octanol–water partition coefficient (Wildman–Crippen LogP) is 2.11. The number of fused-ring (bicyclic) bond motifs is 2. The van der Waals surface area contributed by atoms with Crippen LogP contribution in [-0.2, 0) is 4.79 Å². The number of rotatable bonds is 3. The second-order valence-electron chi connectivity index (χ2n) is 5.66. The highest BCUT2D eigenvalue weighted by molar-refractivity contribution is 6.11. The van der Waals surface area contributed by atoms with Gasteiger partial charge in [0.25, 0.3) is 5.91 Å². The van der Waals surface area contributed by atoms with Crippen molar-refractivity contribution in [1.82, 2.24) is 10.3 Å². The Morgan fingerprint density at radius 3 is 2.91 bits per heavy atom. The van der Waals surface area contributed by atoms with Crippen molar-refractivity contribution in [1.29, 1.82) is 0 Å². The molecule has 1 aromatic heterocycles. The Labute approximate surface area is 133 Å². The summed E-state index contributed by atoms with van der Waals surface area (Å²) in [6.07, 6.45) is 3.59. The Balaban J connectivity index is 1.73. The minimum Gasteiger partial charge on any atom is -0.436 e. The van der Waals surface area contributed by atoms with Crippen molar-refractivity contribution in [3.05, 3.63) is 48.2 Å². The third kappa shape index (κ3) is 2.63. The Hall–Kier alpha value is -2.89. The van der Waals surface area contributed by atoms with E-state index in [0.717, 1.165) is 12.8 Å². The highest BCUT2D eigenvalue weighted by atomic mass is 16.5. The maximum Gasteiger partial charge on any atom is 0.264 e. The van der Waals surface area contributed by atoms with Crippen LogP contribution in [0, 0.1) is 0 Å². The van der Waals surface area contributed by atoms with Gasteiger partial charge < -0.3 is 10.1 Å². The van der Waals surface area contributed by atoms with Crippen LogP contribution in [-0.4, -0.2) is 29.4 Å². The van der Waals surface area contributed by atoms with Crippen molar-refractivity contribution in [3.8, 4) is 11.6 Å². The van der Waals surface area contributed by atoms with E-state index in [1.807, 2.05) is 12.1 Å². The van der Waals surface area contributed by atoms with E-state index >= 15 is 0 Å². The Bertz CT molecular complexity index is 786. The number of hydrogen-bond acceptors (Lipinski definition) is 4. The lowest BCUT2D eigenvalue weighted by molar-refractivity contribution is -0.119. The maximum atomic E-state index is 12.9. The average Bonchev–Trinajstić information content (AvgIpc) is 3.37. The van der Waals surface area contributed by atoms with Crippen LogP contribution in [0.5, 0.6) is 11.6 Å². The van der Waals surface area contributed by atoms with Crippen molar-refractivity contribution < 1.29 is 14.3 Å². The molecule has 116 valence electrons. The first-order valence-electron chi connectivity index (χ1n) is 7.55. The van der Waals surface area contributed by atoms with Gasteiger partial charge in [-0.05, 0) is 37.1 Å². The zero-order chi connectivity index (χ0) is 15.8. The van der Waals surface area contributed by atoms with Gasteiger partial charge in [0.15, 0.2) is 5.75 Å². The molecule has 2 aromatic rings. The summed E-state index contributed by atoms with van der Waals surface area (Å²) in [5.74, 6) is 0.319. The fourth-order valence-electron chi connectivity index (χ4n) is 2.56. The van der Waals surface area contributed by atoms with Crippen molar-refractivity contribution in [2.75, 3.05) is 11.4 Å². The second kappa shape index (κ2) is 5.39. The first-order valence-corrected chi connectivity index (χ1v) is 7.55. The van der Waals surface area contributed by atoms with Crippen LogP contribution in [0.15, 0.2) is 42.6 Å². The van der Waals surface area contributed by atoms with Crippen LogP contribution in [0.25, 0.3) is 0 Å². The smallest absolute Gasteiger partial charge is 0.264 e. The number of ether oxygens (including phenoxy) is 1. The van der Waals surface area contributed by atoms with E-state index in [-0.39, 0.29) is 30.3 Å². The lowest BCUT2D eigenvalue weighted by Crippen LogP contribution is -2.41. The van der Waals surface area contributed by atoms with Gasteiger partial charge in [0.2, 0.25) is 11.8 Å². The number of amides is 2. The number of para-hydroxylation sites is 2. The third-order valence-corrected chi connectivity index (χ3v) is 3.85. The molecule has 1 aliphatic carbocycles. The topological polar surface area (TPSA) is 71.5 Å². The zero-order valence-corrected chi connectivity index (χ0v) is 12.4. The molecule has 0 radical (unpaired) electrons. The van der Waals surface area contributed by atoms with E-state index in [9.17, 15) is 9.59 Å². The summed E-state index contributed by atoms with van der Waals surface area (Å²) < 4.78 is 5.77. The van der Waals surface area contributed by atoms with Gasteiger partial charge in [-0.15, -0.1) is 0 Å². The van der Waals surface area contributed by atoms with Gasteiger partial charge in [0.05, 0.1) is 5.69 Å². The number of carbonyl (C=O) groups excluding carboxylic acids is 2. The van der Waals surface area contributed by atoms with E-state index in [1.165, 1.54) is 4.90 Å². The highest BCUT2D eigenvalue weighted by Crippen LogP contribution is 2.37. The maximum absolute atomic E-state index is 12.9. The average molecular weight is 309 g/mol. The molecule has 1 aliphatic heterocycles. The van der Waals surface area contributed by atoms with Crippen LogP contribution < -0.4 is 15.0 Å². The van der Waals surface area contributed by atoms with E-state index in [4.69, 9.17) is 4.74 Å². The van der Waals surface area contributed by atoms with E-state index in [1.54, 1.807) is 30.5 Å². The second-order valence-corrected chi connectivity index (χ2v) is 5.66. The molecule has 6 nitrogen and oxygen atoms in total. The summed E-state index contributed by atoms with van der Waals surface area (Å²) in [6, 6.07) is 10.7. The molecule has 1 N–H and O–H groups in total. The molecule has 2 amide bonds. The molecule has 2 heterocycles. The van der Waals surface area contributed by atoms with Crippen LogP contribution in [0.2, 0.25) is 0 Å². The Morgan fingerprint density at radius 1 is 1.26 bits per heavy atom. The molecule has 0 atom stereocenters. The van der Waals surface area contributed by atoms with Crippen molar-refractivity contribution >= 4 is 17.5 Å². The number of anilines is 1. The predicted molar refractivity (Wildman–Crippen MR) is 83.6 cm³/mol. The molecule has 1 saturated carbocycles. The molecule has 2 aliphatic rings. The quantitative estimate of drug-likeness (QED) is 0.942. The molecule has 0 bridgehead atoms. The molecule has 6 heteroatoms. The van der Waals surface area contributed by atoms with Gasteiger partial charge in [-0.1, -0.05) is 12.1 Å². The summed E-state index contributed by atoms with van der Waals surface area (Å²) in [7, 11) is 0. The Morgan fingerprint density at radius 2 is 2.09 bits per heavy atom. The van der Waals surface area contributed by atoms with Gasteiger partial charge in [-0.2, -0.15) is 0 Å². The molecule has 23 heavy (non-hydrogen) atoms. The summed E-state index contributed by atoms with van der Waals surface area (Å²) in [5, 5.41) is 2.91. The largest absolute Gasteiger partial charge is 0.436 e. The number of pyridine rings is 1. The fraction of sp³-hybridized carbons (Fsp3) is 0.235. The first-order chi connectivity index (χ1) is 11.2. The van der Waals surface area contributed by atoms with Crippen LogP contribution in [0.1, 0.15) is 23.2 Å². The zero-order valence-electron chi connectivity index (χ0n) is 12.4. The Kier molecular flexibility index (Phi) is 3.22. The molecule has 0 saturated heterocycles. The summed E-state index contributed by atoms with van der Waals surface area (Å²) >= 11 is 0. The number of nitrogens with one attached hydrogen (secondary N) is 1. The molecule has 0 spiro atoms. The first kappa shape index (κ1) is 13.8. The molecular weight excluding hydrogens is 294 g/mol. The van der Waals surface area contributed by atoms with Gasteiger partial charge in [-0.3, -0.25) is 14.5 Å². The molecule has 1 aromatic carbocycles. The molecule has 1 fully saturated rings. The number of benzene rings is 1. The van der Waals surface area contributed by atoms with Gasteiger partial charge >= 0.3 is 0 Å². The molecular formula is C17H15N3O3. The normalized spacial score (nSPS) is 16.0. The molecule has 0 unspecified atom stereocenters. The monoisotopic (exact) mass is 309 g/mol. The standard InChI is InChI=1S/C17H15N3O3/c21-15(19-11-7-8-11)10-20-13-5-1-2-6-14(13)23-16-12(17(20)22)4-3-9-18-16/h1-6,9,11H,7-8,10H2,(H,19,21). The molecule has 4 rings (SSSR count). The summed E-state index contributed by atoms with van der Waals surface area (Å²) in [5.41, 5.74) is 0.921. The van der Waals surface area contributed by atoms with Gasteiger partial charge in [0.1, 0.15) is 12.1 Å². The summed E-state index contributed by atoms with van der Waals surface area (Å²) in [6.45, 7) is -0.0377. The van der Waals surface area contributed by atoms with Crippen LogP contribution in [0.4, 0.5) is 5.69 Å². The lowest BCUT2D eigenvalue weighted by Gasteiger charge is -2.21. The summed E-state index contributed by atoms with van der Waals surface area (Å²) in [4.78, 5) is 30.6. The van der Waals surface area contributed by atoms with Crippen molar-refractivity contribution in [2.24, 2.45) is 0 Å². The van der Waals surface area contributed by atoms with Crippen LogP contribution in [0.3, 0.4) is 0 Å². The van der Waals surface area contributed by atoms with Crippen molar-refractivity contribution in [3.63, 3.8) is 0 Å². The van der Waals surface area contributed by atoms with Gasteiger partial charge in [-0.25, -0.2) is 4.98 Å². The van der Waals surface area contributed by atoms with E-state index in [2.05, 4.69) is 10.3 Å². The van der Waals surface area contributed by atoms with Gasteiger partial charge in [0, 0.05) is 12.2 Å². The number of nitrogens with zero attached hydrogens (tertiary/aromatic N) is 2.